The lowest BCUT2D eigenvalue weighted by Crippen LogP contribution is -2.40. The molecule has 198 valence electrons. The van der Waals surface area contributed by atoms with E-state index in [1.165, 1.54) is 13.2 Å². The first-order chi connectivity index (χ1) is 18.0. The average Bonchev–Trinajstić information content (AvgIpc) is 3.12. The van der Waals surface area contributed by atoms with Gasteiger partial charge in [0.1, 0.15) is 0 Å². The number of rotatable bonds is 6. The molecule has 4 aliphatic rings. The van der Waals surface area contributed by atoms with Crippen molar-refractivity contribution >= 4 is 45.3 Å². The molecule has 1 aromatic rings. The van der Waals surface area contributed by atoms with E-state index in [0.717, 1.165) is 4.90 Å². The number of Topliss-reactive ketones (excluding diaryl/α,β-unsaturated/α-hetero) is 1. The maximum absolute atomic E-state index is 13.6. The van der Waals surface area contributed by atoms with Gasteiger partial charge in [-0.3, -0.25) is 28.9 Å². The maximum atomic E-state index is 13.6. The first kappa shape index (κ1) is 26.1. The van der Waals surface area contributed by atoms with Gasteiger partial charge < -0.3 is 14.9 Å². The first-order valence-corrected chi connectivity index (χ1v) is 13.2. The van der Waals surface area contributed by atoms with Crippen LogP contribution in [-0.4, -0.2) is 58.1 Å². The molecule has 2 amide bonds. The third kappa shape index (κ3) is 4.02. The number of allylic oxidation sites excluding steroid dienone is 6. The zero-order chi connectivity index (χ0) is 27.5. The second kappa shape index (κ2) is 9.65. The quantitative estimate of drug-likeness (QED) is 0.295. The number of methoxy groups -OCH3 is 1. The lowest BCUT2D eigenvalue weighted by molar-refractivity contribution is -0.142. The highest BCUT2D eigenvalue weighted by Crippen LogP contribution is 2.57. The normalized spacial score (nSPS) is 26.6. The summed E-state index contributed by atoms with van der Waals surface area (Å²) in [6, 6.07) is 3.26. The number of ether oxygens (including phenoxy) is 1. The number of imide groups is 1. The van der Waals surface area contributed by atoms with Crippen LogP contribution < -0.4 is 4.74 Å². The first-order valence-electron chi connectivity index (χ1n) is 12.4. The van der Waals surface area contributed by atoms with Gasteiger partial charge >= 0.3 is 5.97 Å². The Hall–Kier alpha value is -3.53. The lowest BCUT2D eigenvalue weighted by atomic mass is 9.59. The Kier molecular flexibility index (Phi) is 6.63. The van der Waals surface area contributed by atoms with Crippen LogP contribution in [0.3, 0.4) is 0 Å². The van der Waals surface area contributed by atoms with Crippen molar-refractivity contribution in [3.8, 4) is 11.5 Å². The fourth-order valence-electron chi connectivity index (χ4n) is 6.36. The summed E-state index contributed by atoms with van der Waals surface area (Å²) in [5, 5.41) is 20.1. The van der Waals surface area contributed by atoms with E-state index in [0.29, 0.717) is 21.2 Å². The number of aromatic hydroxyl groups is 1. The zero-order valence-electron chi connectivity index (χ0n) is 20.8. The fourth-order valence-corrected chi connectivity index (χ4v) is 6.82. The number of carbonyl (C=O) groups is 5. The Bertz CT molecular complexity index is 1400. The number of phenolic OH excluding ortho intramolecular Hbond substituents is 1. The van der Waals surface area contributed by atoms with Crippen molar-refractivity contribution in [2.45, 2.75) is 38.5 Å². The molecule has 3 aliphatic carbocycles. The maximum Gasteiger partial charge on any atom is 0.303 e. The number of nitrogens with zero attached hydrogens (tertiary/aromatic N) is 1. The summed E-state index contributed by atoms with van der Waals surface area (Å²) in [7, 11) is 1.41. The zero-order valence-corrected chi connectivity index (χ0v) is 22.4. The molecular weight excluding hydrogens is 558 g/mol. The van der Waals surface area contributed by atoms with Gasteiger partial charge in [-0.25, -0.2) is 0 Å². The fraction of sp³-hybridized carbons (Fsp3) is 0.393. The molecule has 0 spiro atoms. The van der Waals surface area contributed by atoms with E-state index in [4.69, 9.17) is 9.84 Å². The summed E-state index contributed by atoms with van der Waals surface area (Å²) in [5.74, 6) is -5.05. The Morgan fingerprint density at radius 3 is 2.58 bits per heavy atom. The topological polar surface area (TPSA) is 138 Å². The third-order valence-electron chi connectivity index (χ3n) is 8.03. The van der Waals surface area contributed by atoms with E-state index in [1.807, 2.05) is 6.08 Å². The van der Waals surface area contributed by atoms with Gasteiger partial charge in [0, 0.05) is 45.6 Å². The van der Waals surface area contributed by atoms with Crippen LogP contribution in [0.5, 0.6) is 11.5 Å². The number of carbonyl (C=O) groups excluding carboxylic acids is 4. The number of amides is 2. The summed E-state index contributed by atoms with van der Waals surface area (Å²) in [6.45, 7) is 1.59. The van der Waals surface area contributed by atoms with Crippen LogP contribution >= 0.6 is 15.9 Å². The van der Waals surface area contributed by atoms with Crippen LogP contribution in [0.25, 0.3) is 0 Å². The highest BCUT2D eigenvalue weighted by atomic mass is 79.9. The van der Waals surface area contributed by atoms with Crippen LogP contribution in [0.15, 0.2) is 51.0 Å². The molecule has 1 aliphatic heterocycles. The number of carboxylic acid groups (broad SMARTS) is 1. The molecule has 0 saturated carbocycles. The van der Waals surface area contributed by atoms with Gasteiger partial charge in [0.2, 0.25) is 11.8 Å². The molecule has 4 unspecified atom stereocenters. The van der Waals surface area contributed by atoms with Gasteiger partial charge in [-0.15, -0.1) is 0 Å². The Morgan fingerprint density at radius 2 is 1.89 bits per heavy atom. The number of carboxylic acids is 1. The van der Waals surface area contributed by atoms with Gasteiger partial charge in [-0.05, 0) is 50.3 Å². The summed E-state index contributed by atoms with van der Waals surface area (Å²) < 4.78 is 5.94. The minimum Gasteiger partial charge on any atom is -0.504 e. The van der Waals surface area contributed by atoms with E-state index >= 15 is 0 Å². The summed E-state index contributed by atoms with van der Waals surface area (Å²) in [6.07, 6.45) is 3.54. The minimum atomic E-state index is -1.01. The van der Waals surface area contributed by atoms with Gasteiger partial charge in [0.05, 0.1) is 18.9 Å². The standard InChI is InChI=1S/C28H26BrNO8/c1-12-8-19(31)17-11-16-14(5-6-15-23(16)28(37)30(27(15)36)7-3-4-21(32)33)22(24(17)25(12)34)18-9-13(29)10-20(38-2)26(18)35/h5,8-10,15-16,22-23,35H,3-4,6-7,11H2,1-2H3,(H,32,33). The van der Waals surface area contributed by atoms with Crippen LogP contribution in [0, 0.1) is 17.8 Å². The second-order valence-corrected chi connectivity index (χ2v) is 11.0. The number of fused-ring (bicyclic) bond motifs is 3. The summed E-state index contributed by atoms with van der Waals surface area (Å²) >= 11 is 3.44. The molecule has 1 aromatic carbocycles. The molecule has 1 fully saturated rings. The number of likely N-dealkylation sites (tertiary alicyclic amines) is 1. The highest BCUT2D eigenvalue weighted by Gasteiger charge is 2.56. The number of hydrogen-bond acceptors (Lipinski definition) is 7. The van der Waals surface area contributed by atoms with Crippen LogP contribution in [0.2, 0.25) is 0 Å². The monoisotopic (exact) mass is 583 g/mol. The Morgan fingerprint density at radius 1 is 1.16 bits per heavy atom. The molecule has 0 radical (unpaired) electrons. The second-order valence-electron chi connectivity index (χ2n) is 10.1. The van der Waals surface area contributed by atoms with Gasteiger partial charge in [0.25, 0.3) is 0 Å². The van der Waals surface area contributed by atoms with E-state index < -0.39 is 29.6 Å². The Balaban J connectivity index is 1.63. The molecule has 5 rings (SSSR count). The van der Waals surface area contributed by atoms with Crippen LogP contribution in [-0.2, 0) is 24.0 Å². The van der Waals surface area contributed by atoms with Crippen molar-refractivity contribution in [2.75, 3.05) is 13.7 Å². The largest absolute Gasteiger partial charge is 0.504 e. The minimum absolute atomic E-state index is 0.0133. The van der Waals surface area contributed by atoms with Crippen molar-refractivity contribution in [1.29, 1.82) is 0 Å². The molecule has 10 heteroatoms. The number of ketones is 2. The van der Waals surface area contributed by atoms with Gasteiger partial charge in [-0.2, -0.15) is 0 Å². The Labute approximate surface area is 227 Å². The SMILES string of the molecule is COc1cc(Br)cc(C2C3=CCC4C(=O)N(CCCC(=O)O)C(=O)C4C3CC3=C2C(=O)C(C)=CC3=O)c1O. The molecule has 1 heterocycles. The highest BCUT2D eigenvalue weighted by molar-refractivity contribution is 9.10. The van der Waals surface area contributed by atoms with E-state index in [9.17, 15) is 29.1 Å². The number of benzene rings is 1. The molecule has 1 saturated heterocycles. The molecule has 38 heavy (non-hydrogen) atoms. The smallest absolute Gasteiger partial charge is 0.303 e. The predicted octanol–water partition coefficient (Wildman–Crippen LogP) is 3.46. The van der Waals surface area contributed by atoms with Crippen molar-refractivity contribution in [3.63, 3.8) is 0 Å². The van der Waals surface area contributed by atoms with Crippen molar-refractivity contribution in [1.82, 2.24) is 4.90 Å². The summed E-state index contributed by atoms with van der Waals surface area (Å²) in [4.78, 5) is 65.6. The molecule has 4 atom stereocenters. The van der Waals surface area contributed by atoms with E-state index in [1.54, 1.807) is 19.1 Å². The van der Waals surface area contributed by atoms with Crippen molar-refractivity contribution in [3.05, 3.63) is 56.6 Å². The van der Waals surface area contributed by atoms with Crippen LogP contribution in [0.1, 0.15) is 44.1 Å². The average molecular weight is 584 g/mol. The van der Waals surface area contributed by atoms with Crippen molar-refractivity contribution in [2.24, 2.45) is 17.8 Å². The number of phenols is 1. The van der Waals surface area contributed by atoms with Crippen LogP contribution in [0.4, 0.5) is 0 Å². The van der Waals surface area contributed by atoms with E-state index in [-0.39, 0.29) is 78.3 Å². The summed E-state index contributed by atoms with van der Waals surface area (Å²) in [5.41, 5.74) is 1.94. The number of halogens is 1. The predicted molar refractivity (Wildman–Crippen MR) is 137 cm³/mol. The number of aliphatic carboxylic acids is 1. The van der Waals surface area contributed by atoms with Gasteiger partial charge in [-0.1, -0.05) is 27.6 Å². The van der Waals surface area contributed by atoms with Gasteiger partial charge in [0.15, 0.2) is 23.1 Å². The molecule has 0 aromatic heterocycles. The van der Waals surface area contributed by atoms with E-state index in [2.05, 4.69) is 15.9 Å². The molecule has 9 nitrogen and oxygen atoms in total. The third-order valence-corrected chi connectivity index (χ3v) is 8.49. The number of hydrogen-bond donors (Lipinski definition) is 2. The lowest BCUT2D eigenvalue weighted by Gasteiger charge is -2.42. The molecular formula is C28H26BrNO8. The molecule has 0 bridgehead atoms. The molecule has 2 N–H and O–H groups in total. The van der Waals surface area contributed by atoms with Crippen molar-refractivity contribution < 1.29 is 38.9 Å².